The molecule has 2 N–H and O–H groups in total. The van der Waals surface area contributed by atoms with E-state index in [2.05, 4.69) is 21.2 Å². The van der Waals surface area contributed by atoms with Crippen LogP contribution < -0.4 is 10.1 Å². The first-order valence-electron chi connectivity index (χ1n) is 6.61. The number of benzene rings is 1. The van der Waals surface area contributed by atoms with Crippen LogP contribution in [-0.4, -0.2) is 43.6 Å². The first kappa shape index (κ1) is 17.7. The van der Waals surface area contributed by atoms with E-state index in [1.807, 2.05) is 24.3 Å². The van der Waals surface area contributed by atoms with Crippen molar-refractivity contribution in [1.29, 1.82) is 0 Å². The molecule has 114 valence electrons. The van der Waals surface area contributed by atoms with Crippen molar-refractivity contribution in [2.24, 2.45) is 0 Å². The maximum atomic E-state index is 9.64. The number of rotatable bonds is 9. The smallest absolute Gasteiger partial charge is 0.119 e. The number of ether oxygens (including phenoxy) is 2. The second-order valence-electron chi connectivity index (χ2n) is 4.71. The first-order valence-corrected chi connectivity index (χ1v) is 7.41. The highest BCUT2D eigenvalue weighted by molar-refractivity contribution is 9.10. The average Bonchev–Trinajstić information content (AvgIpc) is 3.22. The Hall–Kier alpha value is -0.330. The molecule has 0 bridgehead atoms. The molecule has 1 saturated carbocycles. The third-order valence-electron chi connectivity index (χ3n) is 2.84. The first-order chi connectivity index (χ1) is 9.24. The molecule has 0 spiro atoms. The van der Waals surface area contributed by atoms with Crippen LogP contribution in [0.3, 0.4) is 0 Å². The Morgan fingerprint density at radius 1 is 1.25 bits per heavy atom. The van der Waals surface area contributed by atoms with Crippen LogP contribution in [0.15, 0.2) is 28.7 Å². The molecule has 6 heteroatoms. The summed E-state index contributed by atoms with van der Waals surface area (Å²) in [6, 6.07) is 8.29. The lowest BCUT2D eigenvalue weighted by Gasteiger charge is -2.12. The van der Waals surface area contributed by atoms with Gasteiger partial charge in [0.2, 0.25) is 0 Å². The van der Waals surface area contributed by atoms with Crippen molar-refractivity contribution in [3.63, 3.8) is 0 Å². The van der Waals surface area contributed by atoms with Gasteiger partial charge in [-0.25, -0.2) is 0 Å². The molecule has 1 unspecified atom stereocenters. The second kappa shape index (κ2) is 9.58. The van der Waals surface area contributed by atoms with Crippen molar-refractivity contribution < 1.29 is 14.6 Å². The Labute approximate surface area is 134 Å². The zero-order chi connectivity index (χ0) is 13.5. The zero-order valence-corrected chi connectivity index (χ0v) is 13.7. The average molecular weight is 367 g/mol. The Bertz CT molecular complexity index is 373. The summed E-state index contributed by atoms with van der Waals surface area (Å²) in [4.78, 5) is 0. The number of nitrogens with one attached hydrogen (secondary N) is 1. The van der Waals surface area contributed by atoms with Gasteiger partial charge in [-0.05, 0) is 37.1 Å². The molecule has 0 aliphatic heterocycles. The molecular formula is C14H21BrClNO3. The van der Waals surface area contributed by atoms with Crippen molar-refractivity contribution in [3.8, 4) is 5.75 Å². The lowest BCUT2D eigenvalue weighted by molar-refractivity contribution is 0.0250. The number of aliphatic hydroxyl groups is 1. The van der Waals surface area contributed by atoms with E-state index in [4.69, 9.17) is 9.47 Å². The third kappa shape index (κ3) is 7.45. The number of aliphatic hydroxyl groups excluding tert-OH is 1. The van der Waals surface area contributed by atoms with E-state index in [-0.39, 0.29) is 12.4 Å². The van der Waals surface area contributed by atoms with E-state index >= 15 is 0 Å². The zero-order valence-electron chi connectivity index (χ0n) is 11.3. The summed E-state index contributed by atoms with van der Waals surface area (Å²) in [7, 11) is 0. The largest absolute Gasteiger partial charge is 0.491 e. The van der Waals surface area contributed by atoms with Crippen LogP contribution >= 0.6 is 28.3 Å². The van der Waals surface area contributed by atoms with E-state index in [0.29, 0.717) is 32.4 Å². The molecule has 1 aromatic rings. The Kier molecular flexibility index (Phi) is 8.49. The molecule has 4 nitrogen and oxygen atoms in total. The normalized spacial score (nSPS) is 15.5. The summed E-state index contributed by atoms with van der Waals surface area (Å²) < 4.78 is 11.9. The van der Waals surface area contributed by atoms with Gasteiger partial charge in [0.15, 0.2) is 0 Å². The minimum atomic E-state index is -0.437. The highest BCUT2D eigenvalue weighted by Crippen LogP contribution is 2.18. The van der Waals surface area contributed by atoms with Crippen LogP contribution in [0.1, 0.15) is 12.8 Å². The van der Waals surface area contributed by atoms with Gasteiger partial charge in [0, 0.05) is 17.1 Å². The molecule has 1 atom stereocenters. The van der Waals surface area contributed by atoms with Crippen molar-refractivity contribution in [2.75, 3.05) is 26.4 Å². The van der Waals surface area contributed by atoms with Crippen molar-refractivity contribution in [2.45, 2.75) is 25.0 Å². The van der Waals surface area contributed by atoms with Gasteiger partial charge in [-0.1, -0.05) is 15.9 Å². The number of hydrogen-bond donors (Lipinski definition) is 2. The number of halogens is 2. The Morgan fingerprint density at radius 3 is 2.60 bits per heavy atom. The molecule has 2 rings (SSSR count). The summed E-state index contributed by atoms with van der Waals surface area (Å²) in [6.45, 7) is 1.93. The van der Waals surface area contributed by atoms with Gasteiger partial charge in [-0.15, -0.1) is 12.4 Å². The quantitative estimate of drug-likeness (QED) is 0.659. The fourth-order valence-corrected chi connectivity index (χ4v) is 1.88. The van der Waals surface area contributed by atoms with Gasteiger partial charge in [0.1, 0.15) is 12.4 Å². The molecular weight excluding hydrogens is 346 g/mol. The molecule has 1 aromatic carbocycles. The molecule has 0 amide bonds. The standard InChI is InChI=1S/C14H20BrNO3.ClH/c15-11-1-5-14(6-2-11)19-8-7-18-10-13(17)9-16-12-3-4-12;/h1-2,5-6,12-13,16-17H,3-4,7-10H2;1H. The minimum Gasteiger partial charge on any atom is -0.491 e. The van der Waals surface area contributed by atoms with Crippen molar-refractivity contribution in [3.05, 3.63) is 28.7 Å². The van der Waals surface area contributed by atoms with Gasteiger partial charge < -0.3 is 19.9 Å². The van der Waals surface area contributed by atoms with Crippen LogP contribution in [0.4, 0.5) is 0 Å². The van der Waals surface area contributed by atoms with E-state index < -0.39 is 6.10 Å². The van der Waals surface area contributed by atoms with Crippen LogP contribution in [0.5, 0.6) is 5.75 Å². The highest BCUT2D eigenvalue weighted by atomic mass is 79.9. The fourth-order valence-electron chi connectivity index (χ4n) is 1.62. The van der Waals surface area contributed by atoms with Gasteiger partial charge in [-0.2, -0.15) is 0 Å². The molecule has 0 saturated heterocycles. The SMILES string of the molecule is Cl.OC(CNC1CC1)COCCOc1ccc(Br)cc1. The maximum Gasteiger partial charge on any atom is 0.119 e. The van der Waals surface area contributed by atoms with E-state index in [9.17, 15) is 5.11 Å². The topological polar surface area (TPSA) is 50.7 Å². The van der Waals surface area contributed by atoms with Gasteiger partial charge in [0.25, 0.3) is 0 Å². The molecule has 0 aromatic heterocycles. The summed E-state index contributed by atoms with van der Waals surface area (Å²) in [5, 5.41) is 12.9. The Morgan fingerprint density at radius 2 is 1.95 bits per heavy atom. The lowest BCUT2D eigenvalue weighted by Crippen LogP contribution is -2.32. The summed E-state index contributed by atoms with van der Waals surface area (Å²) in [6.07, 6.45) is 2.02. The maximum absolute atomic E-state index is 9.64. The van der Waals surface area contributed by atoms with Crippen molar-refractivity contribution >= 4 is 28.3 Å². The van der Waals surface area contributed by atoms with E-state index in [0.717, 1.165) is 10.2 Å². The summed E-state index contributed by atoms with van der Waals surface area (Å²) >= 11 is 3.37. The van der Waals surface area contributed by atoms with Crippen LogP contribution in [0, 0.1) is 0 Å². The number of hydrogen-bond acceptors (Lipinski definition) is 4. The third-order valence-corrected chi connectivity index (χ3v) is 3.37. The van der Waals surface area contributed by atoms with Gasteiger partial charge >= 0.3 is 0 Å². The van der Waals surface area contributed by atoms with Crippen LogP contribution in [-0.2, 0) is 4.74 Å². The summed E-state index contributed by atoms with van der Waals surface area (Å²) in [5.74, 6) is 0.822. The predicted molar refractivity (Wildman–Crippen MR) is 84.7 cm³/mol. The lowest BCUT2D eigenvalue weighted by atomic mass is 10.3. The van der Waals surface area contributed by atoms with Gasteiger partial charge in [0.05, 0.1) is 19.3 Å². The van der Waals surface area contributed by atoms with E-state index in [1.54, 1.807) is 0 Å². The molecule has 0 heterocycles. The van der Waals surface area contributed by atoms with Gasteiger partial charge in [-0.3, -0.25) is 0 Å². The fraction of sp³-hybridized carbons (Fsp3) is 0.571. The van der Waals surface area contributed by atoms with Crippen LogP contribution in [0.25, 0.3) is 0 Å². The van der Waals surface area contributed by atoms with Crippen LogP contribution in [0.2, 0.25) is 0 Å². The van der Waals surface area contributed by atoms with Crippen molar-refractivity contribution in [1.82, 2.24) is 5.32 Å². The predicted octanol–water partition coefficient (Wildman–Crippen LogP) is 2.38. The van der Waals surface area contributed by atoms with E-state index in [1.165, 1.54) is 12.8 Å². The summed E-state index contributed by atoms with van der Waals surface area (Å²) in [5.41, 5.74) is 0. The minimum absolute atomic E-state index is 0. The monoisotopic (exact) mass is 365 g/mol. The highest BCUT2D eigenvalue weighted by Gasteiger charge is 2.21. The molecule has 1 aliphatic carbocycles. The Balaban J connectivity index is 0.00000200. The second-order valence-corrected chi connectivity index (χ2v) is 5.63. The molecule has 1 fully saturated rings. The molecule has 1 aliphatic rings. The molecule has 0 radical (unpaired) electrons. The molecule has 20 heavy (non-hydrogen) atoms.